The van der Waals surface area contributed by atoms with Crippen LogP contribution < -0.4 is 0 Å². The normalized spacial score (nSPS) is 18.2. The number of hydrogen-bond donors (Lipinski definition) is 1. The summed E-state index contributed by atoms with van der Waals surface area (Å²) in [6.45, 7) is 2.14. The van der Waals surface area contributed by atoms with Crippen LogP contribution in [0.5, 0.6) is 0 Å². The van der Waals surface area contributed by atoms with E-state index in [2.05, 4.69) is 6.92 Å². The van der Waals surface area contributed by atoms with Gasteiger partial charge in [0.1, 0.15) is 5.60 Å². The number of aliphatic hydroxyl groups is 1. The molecule has 2 heteroatoms. The Morgan fingerprint density at radius 2 is 1.82 bits per heavy atom. The first kappa shape index (κ1) is 12.3. The van der Waals surface area contributed by atoms with Crippen LogP contribution in [0.1, 0.15) is 54.9 Å². The number of benzene rings is 1. The molecule has 1 aliphatic carbocycles. The zero-order valence-corrected chi connectivity index (χ0v) is 10.4. The number of rotatable bonds is 4. The Morgan fingerprint density at radius 1 is 1.24 bits per heavy atom. The van der Waals surface area contributed by atoms with Gasteiger partial charge in [-0.1, -0.05) is 37.6 Å². The third kappa shape index (κ3) is 2.58. The largest absolute Gasteiger partial charge is 0.382 e. The van der Waals surface area contributed by atoms with Gasteiger partial charge in [-0.05, 0) is 37.7 Å². The molecule has 0 aromatic heterocycles. The van der Waals surface area contributed by atoms with Crippen LogP contribution in [0, 0.1) is 0 Å². The van der Waals surface area contributed by atoms with Gasteiger partial charge in [-0.25, -0.2) is 0 Å². The topological polar surface area (TPSA) is 37.3 Å². The first-order chi connectivity index (χ1) is 8.15. The van der Waals surface area contributed by atoms with Crippen molar-refractivity contribution < 1.29 is 9.90 Å². The van der Waals surface area contributed by atoms with Crippen molar-refractivity contribution in [2.24, 2.45) is 0 Å². The maximum Gasteiger partial charge on any atom is 0.194 e. The van der Waals surface area contributed by atoms with E-state index in [1.165, 1.54) is 5.56 Å². The van der Waals surface area contributed by atoms with Gasteiger partial charge in [0.2, 0.25) is 0 Å². The van der Waals surface area contributed by atoms with Crippen molar-refractivity contribution in [1.82, 2.24) is 0 Å². The molecule has 2 rings (SSSR count). The molecule has 1 aromatic rings. The van der Waals surface area contributed by atoms with Gasteiger partial charge in [-0.3, -0.25) is 4.79 Å². The molecule has 92 valence electrons. The van der Waals surface area contributed by atoms with E-state index in [-0.39, 0.29) is 5.78 Å². The monoisotopic (exact) mass is 232 g/mol. The molecule has 1 fully saturated rings. The maximum absolute atomic E-state index is 12.2. The van der Waals surface area contributed by atoms with E-state index in [1.807, 2.05) is 24.3 Å². The summed E-state index contributed by atoms with van der Waals surface area (Å²) in [6, 6.07) is 7.69. The van der Waals surface area contributed by atoms with E-state index < -0.39 is 5.60 Å². The second-order valence-corrected chi connectivity index (χ2v) is 5.01. The van der Waals surface area contributed by atoms with Gasteiger partial charge in [-0.2, -0.15) is 0 Å². The third-order valence-corrected chi connectivity index (χ3v) is 3.61. The van der Waals surface area contributed by atoms with Crippen LogP contribution in [-0.2, 0) is 6.42 Å². The Balaban J connectivity index is 2.14. The highest BCUT2D eigenvalue weighted by molar-refractivity contribution is 6.02. The van der Waals surface area contributed by atoms with Gasteiger partial charge in [-0.15, -0.1) is 0 Å². The number of ketones is 1. The second kappa shape index (κ2) is 5.01. The van der Waals surface area contributed by atoms with Crippen LogP contribution in [-0.4, -0.2) is 16.5 Å². The van der Waals surface area contributed by atoms with E-state index in [0.29, 0.717) is 18.4 Å². The molecule has 1 aromatic carbocycles. The summed E-state index contributed by atoms with van der Waals surface area (Å²) in [5.74, 6) is -0.0990. The molecule has 17 heavy (non-hydrogen) atoms. The van der Waals surface area contributed by atoms with Crippen LogP contribution >= 0.6 is 0 Å². The second-order valence-electron chi connectivity index (χ2n) is 5.01. The van der Waals surface area contributed by atoms with Crippen molar-refractivity contribution in [1.29, 1.82) is 0 Å². The molecule has 0 spiro atoms. The van der Waals surface area contributed by atoms with E-state index >= 15 is 0 Å². The molecule has 0 radical (unpaired) electrons. The van der Waals surface area contributed by atoms with Gasteiger partial charge in [0.25, 0.3) is 0 Å². The summed E-state index contributed by atoms with van der Waals surface area (Å²) in [5.41, 5.74) is 0.809. The standard InChI is InChI=1S/C15H20O2/c1-2-5-12-6-8-13(9-7-12)14(16)15(17)10-3-4-11-15/h6-9,17H,2-5,10-11H2,1H3. The summed E-state index contributed by atoms with van der Waals surface area (Å²) >= 11 is 0. The molecule has 0 amide bonds. The van der Waals surface area contributed by atoms with Crippen molar-refractivity contribution in [3.05, 3.63) is 35.4 Å². The van der Waals surface area contributed by atoms with Crippen molar-refractivity contribution in [2.45, 2.75) is 51.0 Å². The molecule has 0 unspecified atom stereocenters. The zero-order valence-electron chi connectivity index (χ0n) is 10.4. The Bertz CT molecular complexity index is 386. The summed E-state index contributed by atoms with van der Waals surface area (Å²) in [6.07, 6.45) is 5.29. The number of aryl methyl sites for hydroxylation is 1. The maximum atomic E-state index is 12.2. The minimum atomic E-state index is -1.09. The number of Topliss-reactive ketones (excluding diaryl/α,β-unsaturated/α-hetero) is 1. The Hall–Kier alpha value is -1.15. The first-order valence-electron chi connectivity index (χ1n) is 6.52. The van der Waals surface area contributed by atoms with Crippen LogP contribution in [0.25, 0.3) is 0 Å². The highest BCUT2D eigenvalue weighted by Gasteiger charge is 2.38. The fraction of sp³-hybridized carbons (Fsp3) is 0.533. The smallest absolute Gasteiger partial charge is 0.194 e. The molecule has 1 aliphatic rings. The van der Waals surface area contributed by atoms with Crippen LogP contribution in [0.3, 0.4) is 0 Å². The van der Waals surface area contributed by atoms with Gasteiger partial charge < -0.3 is 5.11 Å². The summed E-state index contributed by atoms with van der Waals surface area (Å²) in [4.78, 5) is 12.2. The van der Waals surface area contributed by atoms with Gasteiger partial charge in [0, 0.05) is 5.56 Å². The van der Waals surface area contributed by atoms with Crippen molar-refractivity contribution >= 4 is 5.78 Å². The van der Waals surface area contributed by atoms with E-state index in [9.17, 15) is 9.90 Å². The molecule has 0 atom stereocenters. The Kier molecular flexibility index (Phi) is 3.63. The summed E-state index contributed by atoms with van der Waals surface area (Å²) < 4.78 is 0. The molecule has 1 N–H and O–H groups in total. The average molecular weight is 232 g/mol. The molecule has 0 aliphatic heterocycles. The molecule has 0 bridgehead atoms. The Morgan fingerprint density at radius 3 is 2.35 bits per heavy atom. The van der Waals surface area contributed by atoms with E-state index in [4.69, 9.17) is 0 Å². The lowest BCUT2D eigenvalue weighted by atomic mass is 9.91. The third-order valence-electron chi connectivity index (χ3n) is 3.61. The van der Waals surface area contributed by atoms with E-state index in [1.54, 1.807) is 0 Å². The van der Waals surface area contributed by atoms with Gasteiger partial charge in [0.05, 0.1) is 0 Å². The molecular formula is C15H20O2. The SMILES string of the molecule is CCCc1ccc(C(=O)C2(O)CCCC2)cc1. The lowest BCUT2D eigenvalue weighted by molar-refractivity contribution is 0.0353. The zero-order chi connectivity index (χ0) is 12.3. The first-order valence-corrected chi connectivity index (χ1v) is 6.52. The summed E-state index contributed by atoms with van der Waals surface area (Å²) in [7, 11) is 0. The van der Waals surface area contributed by atoms with Crippen molar-refractivity contribution in [3.8, 4) is 0 Å². The minimum Gasteiger partial charge on any atom is -0.382 e. The molecular weight excluding hydrogens is 212 g/mol. The molecule has 1 saturated carbocycles. The number of carbonyl (C=O) groups is 1. The molecule has 0 saturated heterocycles. The highest BCUT2D eigenvalue weighted by Crippen LogP contribution is 2.32. The number of hydrogen-bond acceptors (Lipinski definition) is 2. The predicted octanol–water partition coefficient (Wildman–Crippen LogP) is 3.13. The van der Waals surface area contributed by atoms with Gasteiger partial charge in [0.15, 0.2) is 5.78 Å². The van der Waals surface area contributed by atoms with Crippen LogP contribution in [0.4, 0.5) is 0 Å². The fourth-order valence-electron chi connectivity index (χ4n) is 2.57. The predicted molar refractivity (Wildman–Crippen MR) is 68.2 cm³/mol. The van der Waals surface area contributed by atoms with Gasteiger partial charge >= 0.3 is 0 Å². The lowest BCUT2D eigenvalue weighted by Crippen LogP contribution is -2.35. The van der Waals surface area contributed by atoms with Crippen molar-refractivity contribution in [2.75, 3.05) is 0 Å². The average Bonchev–Trinajstić information content (AvgIpc) is 2.78. The number of carbonyl (C=O) groups excluding carboxylic acids is 1. The van der Waals surface area contributed by atoms with Crippen molar-refractivity contribution in [3.63, 3.8) is 0 Å². The minimum absolute atomic E-state index is 0.0990. The lowest BCUT2D eigenvalue weighted by Gasteiger charge is -2.20. The Labute approximate surface area is 103 Å². The van der Waals surface area contributed by atoms with E-state index in [0.717, 1.165) is 25.7 Å². The fourth-order valence-corrected chi connectivity index (χ4v) is 2.57. The highest BCUT2D eigenvalue weighted by atomic mass is 16.3. The molecule has 2 nitrogen and oxygen atoms in total. The van der Waals surface area contributed by atoms with Crippen LogP contribution in [0.2, 0.25) is 0 Å². The van der Waals surface area contributed by atoms with Crippen LogP contribution in [0.15, 0.2) is 24.3 Å². The summed E-state index contributed by atoms with van der Waals surface area (Å²) in [5, 5.41) is 10.2. The molecule has 0 heterocycles. The quantitative estimate of drug-likeness (QED) is 0.810.